The van der Waals surface area contributed by atoms with Crippen molar-refractivity contribution in [3.63, 3.8) is 0 Å². The minimum absolute atomic E-state index is 0.0396. The van der Waals surface area contributed by atoms with Crippen LogP contribution in [0.2, 0.25) is 0 Å². The van der Waals surface area contributed by atoms with Gasteiger partial charge in [0.2, 0.25) is 0 Å². The van der Waals surface area contributed by atoms with Crippen molar-refractivity contribution in [1.82, 2.24) is 19.7 Å². The minimum atomic E-state index is -0.0543. The lowest BCUT2D eigenvalue weighted by molar-refractivity contribution is 0.0951. The monoisotopic (exact) mass is 412 g/mol. The van der Waals surface area contributed by atoms with E-state index in [1.54, 1.807) is 18.3 Å². The first-order valence-electron chi connectivity index (χ1n) is 10.2. The van der Waals surface area contributed by atoms with Gasteiger partial charge < -0.3 is 15.7 Å². The van der Waals surface area contributed by atoms with Crippen LogP contribution < -0.4 is 10.6 Å². The molecule has 0 radical (unpaired) electrons. The molecule has 1 amide bonds. The lowest BCUT2D eigenvalue weighted by atomic mass is 10.1. The van der Waals surface area contributed by atoms with E-state index in [-0.39, 0.29) is 12.5 Å². The van der Waals surface area contributed by atoms with Gasteiger partial charge in [0.15, 0.2) is 11.5 Å². The summed E-state index contributed by atoms with van der Waals surface area (Å²) in [4.78, 5) is 21.5. The number of imidazole rings is 1. The number of aliphatic hydroxyl groups is 1. The maximum absolute atomic E-state index is 12.3. The molecule has 5 rings (SSSR count). The third-order valence-electron chi connectivity index (χ3n) is 5.31. The quantitative estimate of drug-likeness (QED) is 0.449. The van der Waals surface area contributed by atoms with Gasteiger partial charge in [-0.1, -0.05) is 12.1 Å². The van der Waals surface area contributed by atoms with Crippen LogP contribution in [0.3, 0.4) is 0 Å². The third kappa shape index (κ3) is 3.56. The van der Waals surface area contributed by atoms with E-state index in [9.17, 15) is 15.2 Å². The molecule has 0 spiro atoms. The number of nitriles is 1. The number of fused-ring (bicyclic) bond motifs is 3. The Labute approximate surface area is 178 Å². The number of hydrogen-bond donors (Lipinski definition) is 3. The second-order valence-corrected chi connectivity index (χ2v) is 7.55. The van der Waals surface area contributed by atoms with Gasteiger partial charge in [-0.3, -0.25) is 9.20 Å². The average Bonchev–Trinajstić information content (AvgIpc) is 3.51. The number of anilines is 1. The normalized spacial score (nSPS) is 13.3. The van der Waals surface area contributed by atoms with Gasteiger partial charge in [0.05, 0.1) is 41.2 Å². The maximum Gasteiger partial charge on any atom is 0.251 e. The number of aromatic nitrogens is 3. The second kappa shape index (κ2) is 7.70. The molecular weight excluding hydrogens is 392 g/mol. The first-order valence-corrected chi connectivity index (χ1v) is 10.2. The molecule has 0 unspecified atom stereocenters. The van der Waals surface area contributed by atoms with Crippen molar-refractivity contribution in [2.75, 3.05) is 18.5 Å². The minimum Gasteiger partial charge on any atom is -0.395 e. The summed E-state index contributed by atoms with van der Waals surface area (Å²) in [6.07, 6.45) is 3.86. The van der Waals surface area contributed by atoms with Gasteiger partial charge in [0.25, 0.3) is 5.91 Å². The van der Waals surface area contributed by atoms with Gasteiger partial charge in [-0.2, -0.15) is 5.26 Å². The van der Waals surface area contributed by atoms with Crippen molar-refractivity contribution in [3.8, 4) is 17.3 Å². The van der Waals surface area contributed by atoms with Gasteiger partial charge >= 0.3 is 0 Å². The molecule has 1 aliphatic carbocycles. The summed E-state index contributed by atoms with van der Waals surface area (Å²) in [5.41, 5.74) is 4.96. The van der Waals surface area contributed by atoms with Crippen molar-refractivity contribution in [3.05, 3.63) is 59.8 Å². The molecule has 154 valence electrons. The maximum atomic E-state index is 12.3. The zero-order valence-corrected chi connectivity index (χ0v) is 16.7. The Morgan fingerprint density at radius 1 is 1.23 bits per heavy atom. The predicted molar refractivity (Wildman–Crippen MR) is 117 cm³/mol. The zero-order chi connectivity index (χ0) is 21.4. The van der Waals surface area contributed by atoms with E-state index >= 15 is 0 Å². The van der Waals surface area contributed by atoms with E-state index in [1.807, 2.05) is 34.7 Å². The molecule has 1 fully saturated rings. The van der Waals surface area contributed by atoms with Crippen LogP contribution in [0, 0.1) is 11.3 Å². The summed E-state index contributed by atoms with van der Waals surface area (Å²) >= 11 is 0. The fourth-order valence-electron chi connectivity index (χ4n) is 3.59. The van der Waals surface area contributed by atoms with Crippen molar-refractivity contribution in [2.45, 2.75) is 18.9 Å². The lowest BCUT2D eigenvalue weighted by Gasteiger charge is -2.11. The summed E-state index contributed by atoms with van der Waals surface area (Å²) in [6.45, 7) is 0.293. The molecular formula is C23H20N6O2. The fourth-order valence-corrected chi connectivity index (χ4v) is 3.59. The molecule has 1 saturated carbocycles. The highest BCUT2D eigenvalue weighted by atomic mass is 16.3. The van der Waals surface area contributed by atoms with Crippen LogP contribution in [-0.4, -0.2) is 44.6 Å². The fraction of sp³-hybridized carbons (Fsp3) is 0.217. The largest absolute Gasteiger partial charge is 0.395 e. The van der Waals surface area contributed by atoms with Crippen LogP contribution in [-0.2, 0) is 0 Å². The molecule has 3 N–H and O–H groups in total. The number of amides is 1. The molecule has 2 heterocycles. The Bertz CT molecular complexity index is 1330. The van der Waals surface area contributed by atoms with E-state index in [1.165, 1.54) is 0 Å². The van der Waals surface area contributed by atoms with E-state index in [2.05, 4.69) is 26.7 Å². The summed E-state index contributed by atoms with van der Waals surface area (Å²) in [5.74, 6) is 0.477. The zero-order valence-electron chi connectivity index (χ0n) is 16.7. The first kappa shape index (κ1) is 19.0. The van der Waals surface area contributed by atoms with Crippen LogP contribution in [0.4, 0.5) is 5.82 Å². The topological polar surface area (TPSA) is 115 Å². The molecule has 4 aromatic rings. The molecule has 0 atom stereocenters. The summed E-state index contributed by atoms with van der Waals surface area (Å²) in [7, 11) is 0. The molecule has 0 bridgehead atoms. The highest BCUT2D eigenvalue weighted by Gasteiger charge is 2.23. The molecule has 8 heteroatoms. The van der Waals surface area contributed by atoms with Crippen molar-refractivity contribution in [2.24, 2.45) is 0 Å². The highest BCUT2D eigenvalue weighted by molar-refractivity contribution is 5.95. The smallest absolute Gasteiger partial charge is 0.251 e. The van der Waals surface area contributed by atoms with Crippen LogP contribution in [0.5, 0.6) is 0 Å². The molecule has 2 aromatic carbocycles. The van der Waals surface area contributed by atoms with Crippen molar-refractivity contribution < 1.29 is 9.90 Å². The molecule has 2 aromatic heterocycles. The Morgan fingerprint density at radius 2 is 2.03 bits per heavy atom. The van der Waals surface area contributed by atoms with Crippen molar-refractivity contribution in [1.29, 1.82) is 5.26 Å². The highest BCUT2D eigenvalue weighted by Crippen LogP contribution is 2.29. The second-order valence-electron chi connectivity index (χ2n) is 7.55. The van der Waals surface area contributed by atoms with Crippen LogP contribution in [0.1, 0.15) is 28.8 Å². The van der Waals surface area contributed by atoms with Crippen LogP contribution >= 0.6 is 0 Å². The Hall–Kier alpha value is -3.96. The predicted octanol–water partition coefficient (Wildman–Crippen LogP) is 2.72. The molecule has 0 aliphatic heterocycles. The molecule has 0 saturated heterocycles. The first-order chi connectivity index (χ1) is 15.2. The van der Waals surface area contributed by atoms with Crippen molar-refractivity contribution >= 4 is 28.4 Å². The van der Waals surface area contributed by atoms with E-state index in [0.29, 0.717) is 40.7 Å². The van der Waals surface area contributed by atoms with Gasteiger partial charge in [0.1, 0.15) is 0 Å². The van der Waals surface area contributed by atoms with Gasteiger partial charge in [-0.05, 0) is 43.2 Å². The van der Waals surface area contributed by atoms with Gasteiger partial charge in [-0.15, -0.1) is 0 Å². The lowest BCUT2D eigenvalue weighted by Crippen LogP contribution is -2.25. The van der Waals surface area contributed by atoms with Crippen LogP contribution in [0.15, 0.2) is 48.7 Å². The van der Waals surface area contributed by atoms with E-state index < -0.39 is 0 Å². The van der Waals surface area contributed by atoms with E-state index in [0.717, 1.165) is 29.6 Å². The summed E-state index contributed by atoms with van der Waals surface area (Å²) < 4.78 is 1.97. The molecule has 8 nitrogen and oxygen atoms in total. The summed E-state index contributed by atoms with van der Waals surface area (Å²) in [5, 5.41) is 24.6. The Balaban J connectivity index is 1.62. The number of rotatable bonds is 6. The Morgan fingerprint density at radius 3 is 2.74 bits per heavy atom. The average molecular weight is 412 g/mol. The number of carbonyl (C=O) groups is 1. The van der Waals surface area contributed by atoms with Gasteiger partial charge in [-0.25, -0.2) is 9.97 Å². The number of carbonyl (C=O) groups excluding carboxylic acids is 1. The number of hydrogen-bond acceptors (Lipinski definition) is 6. The number of nitrogens with zero attached hydrogens (tertiary/aromatic N) is 4. The molecule has 1 aliphatic rings. The summed E-state index contributed by atoms with van der Waals surface area (Å²) in [6, 6.07) is 15.2. The third-order valence-corrected chi connectivity index (χ3v) is 5.31. The molecule has 31 heavy (non-hydrogen) atoms. The van der Waals surface area contributed by atoms with Crippen LogP contribution in [0.25, 0.3) is 27.9 Å². The standard InChI is InChI=1S/C23H20N6O2/c24-12-14-1-8-19-18(11-14)28-21(25-9-10-30)22-26-13-20(29(19)22)15-2-4-16(5-3-15)23(31)27-17-6-7-17/h1-5,8,11,13,17,30H,6-7,9-10H2,(H,25,28)(H,27,31). The number of nitrogens with one attached hydrogen (secondary N) is 2. The van der Waals surface area contributed by atoms with E-state index in [4.69, 9.17) is 0 Å². The SMILES string of the molecule is N#Cc1ccc2c(c1)nc(NCCO)c1ncc(-c3ccc(C(=O)NC4CC4)cc3)n12. The number of aliphatic hydroxyl groups excluding tert-OH is 1. The van der Waals surface area contributed by atoms with Gasteiger partial charge in [0, 0.05) is 23.7 Å². The Kier molecular flexibility index (Phi) is 4.73. The number of benzene rings is 2.